The third-order valence-electron chi connectivity index (χ3n) is 4.45. The average molecular weight is 439 g/mol. The van der Waals surface area contributed by atoms with Gasteiger partial charge in [-0.3, -0.25) is 4.79 Å². The minimum atomic E-state index is -0.426. The number of halogens is 2. The Labute approximate surface area is 186 Å². The number of carbonyl (C=O) groups is 1. The van der Waals surface area contributed by atoms with E-state index in [0.717, 1.165) is 5.56 Å². The lowest BCUT2D eigenvalue weighted by Gasteiger charge is -2.19. The molecule has 0 spiro atoms. The molecule has 5 nitrogen and oxygen atoms in total. The van der Waals surface area contributed by atoms with E-state index in [1.54, 1.807) is 28.9 Å². The van der Waals surface area contributed by atoms with Gasteiger partial charge in [-0.2, -0.15) is 5.10 Å². The van der Waals surface area contributed by atoms with Gasteiger partial charge in [-0.25, -0.2) is 9.07 Å². The maximum absolute atomic E-state index is 13.5. The van der Waals surface area contributed by atoms with Gasteiger partial charge in [0.1, 0.15) is 5.82 Å². The zero-order valence-electron chi connectivity index (χ0n) is 17.9. The quantitative estimate of drug-likeness (QED) is 0.592. The van der Waals surface area contributed by atoms with Gasteiger partial charge in [0, 0.05) is 22.2 Å². The van der Waals surface area contributed by atoms with Crippen molar-refractivity contribution in [2.24, 2.45) is 5.73 Å². The first-order valence-corrected chi connectivity index (χ1v) is 10.2. The first-order chi connectivity index (χ1) is 14.6. The van der Waals surface area contributed by atoms with Crippen LogP contribution in [0.3, 0.4) is 0 Å². The van der Waals surface area contributed by atoms with E-state index in [1.165, 1.54) is 12.1 Å². The molecule has 0 bridgehead atoms. The predicted octanol–water partition coefficient (Wildman–Crippen LogP) is 4.48. The molecule has 0 radical (unpaired) electrons. The van der Waals surface area contributed by atoms with Gasteiger partial charge in [0.15, 0.2) is 5.69 Å². The van der Waals surface area contributed by atoms with Crippen molar-refractivity contribution >= 4 is 17.5 Å². The van der Waals surface area contributed by atoms with Gasteiger partial charge >= 0.3 is 0 Å². The van der Waals surface area contributed by atoms with Crippen LogP contribution in [-0.2, 0) is 0 Å². The summed E-state index contributed by atoms with van der Waals surface area (Å²) >= 11 is 6.55. The van der Waals surface area contributed by atoms with Gasteiger partial charge in [-0.1, -0.05) is 23.4 Å². The smallest absolute Gasteiger partial charge is 0.272 e. The molecule has 3 rings (SSSR count). The van der Waals surface area contributed by atoms with Crippen molar-refractivity contribution in [3.05, 3.63) is 70.1 Å². The van der Waals surface area contributed by atoms with E-state index in [1.807, 2.05) is 33.8 Å². The van der Waals surface area contributed by atoms with E-state index in [9.17, 15) is 9.18 Å². The first-order valence-electron chi connectivity index (χ1n) is 9.77. The van der Waals surface area contributed by atoms with Gasteiger partial charge in [0.25, 0.3) is 5.91 Å². The summed E-state index contributed by atoms with van der Waals surface area (Å²) in [4.78, 5) is 12.9. The van der Waals surface area contributed by atoms with Crippen LogP contribution in [0.25, 0.3) is 16.9 Å². The third-order valence-corrected chi connectivity index (χ3v) is 4.76. The number of nitrogens with zero attached hydrogens (tertiary/aromatic N) is 2. The van der Waals surface area contributed by atoms with Crippen molar-refractivity contribution in [2.45, 2.75) is 33.2 Å². The molecule has 1 heterocycles. The van der Waals surface area contributed by atoms with Crippen LogP contribution in [0.2, 0.25) is 5.02 Å². The number of aromatic nitrogens is 2. The highest BCUT2D eigenvalue weighted by molar-refractivity contribution is 6.32. The fraction of sp³-hybridized carbons (Fsp3) is 0.250. The van der Waals surface area contributed by atoms with E-state index in [2.05, 4.69) is 22.3 Å². The van der Waals surface area contributed by atoms with Gasteiger partial charge < -0.3 is 11.1 Å². The van der Waals surface area contributed by atoms with Crippen LogP contribution in [0, 0.1) is 24.6 Å². The third kappa shape index (κ3) is 5.13. The number of hydrogen-bond acceptors (Lipinski definition) is 3. The molecule has 0 aliphatic carbocycles. The zero-order valence-corrected chi connectivity index (χ0v) is 18.6. The molecule has 0 atom stereocenters. The van der Waals surface area contributed by atoms with Crippen molar-refractivity contribution in [3.8, 4) is 28.8 Å². The molecule has 1 aromatic heterocycles. The largest absolute Gasteiger partial charge is 0.346 e. The Kier molecular flexibility index (Phi) is 6.49. The number of amides is 1. The van der Waals surface area contributed by atoms with Gasteiger partial charge in [-0.05, 0) is 70.2 Å². The topological polar surface area (TPSA) is 72.9 Å². The van der Waals surface area contributed by atoms with Gasteiger partial charge in [0.05, 0.1) is 22.9 Å². The molecule has 0 aliphatic heterocycles. The fourth-order valence-electron chi connectivity index (χ4n) is 3.14. The lowest BCUT2D eigenvalue weighted by atomic mass is 10.0. The first kappa shape index (κ1) is 22.5. The van der Waals surface area contributed by atoms with E-state index in [4.69, 9.17) is 17.3 Å². The normalized spacial score (nSPS) is 11.1. The van der Waals surface area contributed by atoms with Crippen LogP contribution in [0.4, 0.5) is 4.39 Å². The van der Waals surface area contributed by atoms with Crippen LogP contribution < -0.4 is 11.1 Å². The molecule has 2 aromatic carbocycles. The Morgan fingerprint density at radius 1 is 1.23 bits per heavy atom. The fourth-order valence-corrected chi connectivity index (χ4v) is 3.40. The Hall–Kier alpha value is -3.14. The standard InChI is InChI=1S/C24H24ClFN4O/c1-15-21(23(31)28-24(2,3)4)29-30(22(15)17-8-10-18(26)11-9-17)20-12-7-16(6-5-13-27)14-19(20)25/h7-12,14H,13,27H2,1-4H3,(H,28,31). The number of rotatable bonds is 3. The highest BCUT2D eigenvalue weighted by Crippen LogP contribution is 2.32. The van der Waals surface area contributed by atoms with E-state index >= 15 is 0 Å². The maximum atomic E-state index is 13.5. The summed E-state index contributed by atoms with van der Waals surface area (Å²) in [5.41, 5.74) is 8.62. The number of nitrogens with one attached hydrogen (secondary N) is 1. The summed E-state index contributed by atoms with van der Waals surface area (Å²) < 4.78 is 15.1. The number of hydrogen-bond donors (Lipinski definition) is 2. The van der Waals surface area contributed by atoms with Gasteiger partial charge in [-0.15, -0.1) is 0 Å². The SMILES string of the molecule is Cc1c(C(=O)NC(C)(C)C)nn(-c2ccc(C#CCN)cc2Cl)c1-c1ccc(F)cc1. The molecular formula is C24H24ClFN4O. The van der Waals surface area contributed by atoms with Crippen LogP contribution in [0.15, 0.2) is 42.5 Å². The Morgan fingerprint density at radius 3 is 2.48 bits per heavy atom. The number of benzene rings is 2. The predicted molar refractivity (Wildman–Crippen MR) is 122 cm³/mol. The lowest BCUT2D eigenvalue weighted by molar-refractivity contribution is 0.0913. The van der Waals surface area contributed by atoms with Crippen LogP contribution in [0.5, 0.6) is 0 Å². The molecule has 3 N–H and O–H groups in total. The maximum Gasteiger partial charge on any atom is 0.272 e. The molecule has 1 amide bonds. The van der Waals surface area contributed by atoms with E-state index < -0.39 is 5.54 Å². The molecule has 0 aliphatic rings. The molecule has 0 fully saturated rings. The van der Waals surface area contributed by atoms with Crippen LogP contribution in [-0.4, -0.2) is 27.8 Å². The molecule has 160 valence electrons. The van der Waals surface area contributed by atoms with Crippen molar-refractivity contribution in [3.63, 3.8) is 0 Å². The summed E-state index contributed by atoms with van der Waals surface area (Å²) in [6.45, 7) is 7.76. The summed E-state index contributed by atoms with van der Waals surface area (Å²) in [6, 6.07) is 11.4. The second-order valence-electron chi connectivity index (χ2n) is 8.12. The molecule has 0 saturated carbocycles. The minimum Gasteiger partial charge on any atom is -0.346 e. The Bertz CT molecular complexity index is 1180. The summed E-state index contributed by atoms with van der Waals surface area (Å²) in [5, 5.41) is 7.94. The van der Waals surface area contributed by atoms with Crippen LogP contribution >= 0.6 is 11.6 Å². The van der Waals surface area contributed by atoms with Gasteiger partial charge in [0.2, 0.25) is 0 Å². The Morgan fingerprint density at radius 2 is 1.90 bits per heavy atom. The summed E-state index contributed by atoms with van der Waals surface area (Å²) in [5.74, 6) is 5.09. The van der Waals surface area contributed by atoms with Crippen molar-refractivity contribution < 1.29 is 9.18 Å². The minimum absolute atomic E-state index is 0.249. The van der Waals surface area contributed by atoms with Crippen molar-refractivity contribution in [2.75, 3.05) is 6.54 Å². The second kappa shape index (κ2) is 8.93. The molecule has 7 heteroatoms. The average Bonchev–Trinajstić information content (AvgIpc) is 3.03. The number of carbonyl (C=O) groups excluding carboxylic acids is 1. The summed E-state index contributed by atoms with van der Waals surface area (Å²) in [6.07, 6.45) is 0. The molecule has 31 heavy (non-hydrogen) atoms. The molecular weight excluding hydrogens is 415 g/mol. The molecule has 0 saturated heterocycles. The summed E-state index contributed by atoms with van der Waals surface area (Å²) in [7, 11) is 0. The highest BCUT2D eigenvalue weighted by Gasteiger charge is 2.25. The Balaban J connectivity index is 2.20. The molecule has 3 aromatic rings. The second-order valence-corrected chi connectivity index (χ2v) is 8.52. The molecule has 0 unspecified atom stereocenters. The monoisotopic (exact) mass is 438 g/mol. The lowest BCUT2D eigenvalue weighted by Crippen LogP contribution is -2.41. The van der Waals surface area contributed by atoms with E-state index in [0.29, 0.717) is 27.5 Å². The van der Waals surface area contributed by atoms with Crippen molar-refractivity contribution in [1.29, 1.82) is 0 Å². The zero-order chi connectivity index (χ0) is 22.8. The number of nitrogens with two attached hydrogens (primary N) is 1. The van der Waals surface area contributed by atoms with Crippen LogP contribution in [0.1, 0.15) is 42.4 Å². The van der Waals surface area contributed by atoms with E-state index in [-0.39, 0.29) is 24.0 Å². The highest BCUT2D eigenvalue weighted by atomic mass is 35.5. The van der Waals surface area contributed by atoms with Crippen molar-refractivity contribution in [1.82, 2.24) is 15.1 Å².